The Morgan fingerprint density at radius 3 is 2.38 bits per heavy atom. The van der Waals surface area contributed by atoms with Crippen LogP contribution in [-0.2, 0) is 0 Å². The van der Waals surface area contributed by atoms with Crippen LogP contribution >= 0.6 is 0 Å². The van der Waals surface area contributed by atoms with Gasteiger partial charge in [-0.05, 0) is 6.42 Å². The number of anilines is 1. The predicted octanol–water partition coefficient (Wildman–Crippen LogP) is 1.96. The van der Waals surface area contributed by atoms with E-state index < -0.39 is 10.5 Å². The molecule has 0 bridgehead atoms. The van der Waals surface area contributed by atoms with Gasteiger partial charge in [-0.1, -0.05) is 13.3 Å². The van der Waals surface area contributed by atoms with E-state index in [0.717, 1.165) is 6.42 Å². The summed E-state index contributed by atoms with van der Waals surface area (Å²) < 4.78 is 10.3. The molecule has 0 amide bonds. The Hall–Kier alpha value is -2.02. The monoisotopic (exact) mass is 296 g/mol. The van der Waals surface area contributed by atoms with Gasteiger partial charge in [-0.2, -0.15) is 0 Å². The van der Waals surface area contributed by atoms with Crippen LogP contribution in [0, 0.1) is 10.1 Å². The Morgan fingerprint density at radius 1 is 1.33 bits per heavy atom. The first-order chi connectivity index (χ1) is 9.94. The van der Waals surface area contributed by atoms with Crippen LogP contribution in [0.2, 0.25) is 0 Å². The Kier molecular flexibility index (Phi) is 4.22. The van der Waals surface area contributed by atoms with Crippen LogP contribution in [0.15, 0.2) is 12.1 Å². The summed E-state index contributed by atoms with van der Waals surface area (Å²) in [5.41, 5.74) is -0.361. The Balaban J connectivity index is 2.33. The van der Waals surface area contributed by atoms with Gasteiger partial charge in [0.15, 0.2) is 11.5 Å². The second-order valence-corrected chi connectivity index (χ2v) is 5.28. The minimum Gasteiger partial charge on any atom is -0.493 e. The van der Waals surface area contributed by atoms with Crippen LogP contribution in [0.5, 0.6) is 11.5 Å². The molecular weight excluding hydrogens is 276 g/mol. The molecule has 0 spiro atoms. The fourth-order valence-corrected chi connectivity index (χ4v) is 2.72. The van der Waals surface area contributed by atoms with E-state index >= 15 is 0 Å². The highest BCUT2D eigenvalue weighted by molar-refractivity contribution is 5.71. The van der Waals surface area contributed by atoms with Gasteiger partial charge >= 0.3 is 0 Å². The number of hydrogen-bond acceptors (Lipinski definition) is 6. The molecule has 0 aliphatic carbocycles. The lowest BCUT2D eigenvalue weighted by Crippen LogP contribution is -2.62. The van der Waals surface area contributed by atoms with Gasteiger partial charge in [-0.3, -0.25) is 10.1 Å². The van der Waals surface area contributed by atoms with Crippen LogP contribution in [-0.4, -0.2) is 42.9 Å². The minimum absolute atomic E-state index is 0.0498. The molecule has 2 rings (SSSR count). The van der Waals surface area contributed by atoms with Crippen molar-refractivity contribution in [3.8, 4) is 11.5 Å². The fraction of sp³-hybridized carbons (Fsp3) is 0.571. The van der Waals surface area contributed by atoms with Crippen molar-refractivity contribution in [2.45, 2.75) is 25.4 Å². The van der Waals surface area contributed by atoms with E-state index in [1.54, 1.807) is 11.0 Å². The third-order valence-electron chi connectivity index (χ3n) is 3.70. The molecule has 1 N–H and O–H groups in total. The van der Waals surface area contributed by atoms with Gasteiger partial charge in [0.05, 0.1) is 30.8 Å². The molecule has 1 heterocycles. The highest BCUT2D eigenvalue weighted by Gasteiger charge is 2.42. The molecule has 0 saturated carbocycles. The summed E-state index contributed by atoms with van der Waals surface area (Å²) in [5.74, 6) is 0.751. The number of nitrogens with zero attached hydrogens (tertiary/aromatic N) is 2. The second kappa shape index (κ2) is 5.77. The summed E-state index contributed by atoms with van der Waals surface area (Å²) in [6.45, 7) is 2.77. The van der Waals surface area contributed by atoms with E-state index in [4.69, 9.17) is 9.47 Å². The number of nitro groups is 1. The number of β-amino-alcohol motifs (C(OH)–C–C–N with tert-alkyl or cyclic N) is 1. The maximum absolute atomic E-state index is 11.2. The molecular formula is C14H20N2O5. The molecule has 21 heavy (non-hydrogen) atoms. The van der Waals surface area contributed by atoms with Gasteiger partial charge in [0.2, 0.25) is 0 Å². The number of aliphatic hydroxyl groups is 1. The molecule has 7 heteroatoms. The highest BCUT2D eigenvalue weighted by Crippen LogP contribution is 2.42. The van der Waals surface area contributed by atoms with Gasteiger partial charge in [0.25, 0.3) is 5.69 Å². The third-order valence-corrected chi connectivity index (χ3v) is 3.70. The third kappa shape index (κ3) is 2.87. The van der Waals surface area contributed by atoms with Crippen LogP contribution in [0.3, 0.4) is 0 Å². The largest absolute Gasteiger partial charge is 0.493 e. The number of nitro benzene ring substituents is 1. The number of ether oxygens (including phenoxy) is 2. The Bertz CT molecular complexity index is 540. The van der Waals surface area contributed by atoms with E-state index in [-0.39, 0.29) is 5.69 Å². The van der Waals surface area contributed by atoms with Gasteiger partial charge in [0.1, 0.15) is 5.69 Å². The Labute approximate surface area is 123 Å². The summed E-state index contributed by atoms with van der Waals surface area (Å²) in [6, 6.07) is 2.94. The molecule has 1 saturated heterocycles. The van der Waals surface area contributed by atoms with E-state index in [9.17, 15) is 15.2 Å². The van der Waals surface area contributed by atoms with E-state index in [1.807, 2.05) is 6.92 Å². The number of rotatable bonds is 6. The molecule has 1 aliphatic heterocycles. The smallest absolute Gasteiger partial charge is 0.296 e. The number of hydrogen-bond donors (Lipinski definition) is 1. The van der Waals surface area contributed by atoms with Crippen molar-refractivity contribution in [2.75, 3.05) is 32.2 Å². The first-order valence-electron chi connectivity index (χ1n) is 6.82. The maximum atomic E-state index is 11.2. The average Bonchev–Trinajstić information content (AvgIpc) is 2.43. The van der Waals surface area contributed by atoms with Gasteiger partial charge in [-0.15, -0.1) is 0 Å². The molecule has 0 radical (unpaired) electrons. The van der Waals surface area contributed by atoms with Crippen molar-refractivity contribution in [2.24, 2.45) is 0 Å². The summed E-state index contributed by atoms with van der Waals surface area (Å²) in [5, 5.41) is 21.5. The van der Waals surface area contributed by atoms with Crippen molar-refractivity contribution in [1.82, 2.24) is 0 Å². The van der Waals surface area contributed by atoms with Crippen LogP contribution < -0.4 is 14.4 Å². The van der Waals surface area contributed by atoms with Crippen molar-refractivity contribution < 1.29 is 19.5 Å². The number of methoxy groups -OCH3 is 2. The van der Waals surface area contributed by atoms with E-state index in [2.05, 4.69) is 0 Å². The van der Waals surface area contributed by atoms with Crippen molar-refractivity contribution in [3.63, 3.8) is 0 Å². The molecule has 1 aromatic rings. The predicted molar refractivity (Wildman–Crippen MR) is 78.3 cm³/mol. The normalized spacial score (nSPS) is 16.3. The molecule has 0 aromatic heterocycles. The zero-order valence-corrected chi connectivity index (χ0v) is 12.5. The average molecular weight is 296 g/mol. The van der Waals surface area contributed by atoms with E-state index in [1.165, 1.54) is 20.3 Å². The first-order valence-corrected chi connectivity index (χ1v) is 6.82. The quantitative estimate of drug-likeness (QED) is 0.638. The minimum atomic E-state index is -0.754. The molecule has 1 aromatic carbocycles. The number of benzene rings is 1. The zero-order chi connectivity index (χ0) is 15.6. The molecule has 7 nitrogen and oxygen atoms in total. The van der Waals surface area contributed by atoms with Crippen molar-refractivity contribution >= 4 is 11.4 Å². The van der Waals surface area contributed by atoms with Crippen LogP contribution in [0.1, 0.15) is 19.8 Å². The SMILES string of the molecule is CCCC1(O)CN(c2cc(OC)c(OC)cc2[N+](=O)[O-])C1. The van der Waals surface area contributed by atoms with Gasteiger partial charge in [0, 0.05) is 19.2 Å². The Morgan fingerprint density at radius 2 is 1.90 bits per heavy atom. The van der Waals surface area contributed by atoms with Crippen molar-refractivity contribution in [1.29, 1.82) is 0 Å². The van der Waals surface area contributed by atoms with Crippen LogP contribution in [0.25, 0.3) is 0 Å². The highest BCUT2D eigenvalue weighted by atomic mass is 16.6. The lowest BCUT2D eigenvalue weighted by molar-refractivity contribution is -0.384. The summed E-state index contributed by atoms with van der Waals surface area (Å²) in [6.07, 6.45) is 1.56. The molecule has 0 unspecified atom stereocenters. The molecule has 1 fully saturated rings. The fourth-order valence-electron chi connectivity index (χ4n) is 2.72. The lowest BCUT2D eigenvalue weighted by Gasteiger charge is -2.47. The molecule has 116 valence electrons. The summed E-state index contributed by atoms with van der Waals surface area (Å²) >= 11 is 0. The topological polar surface area (TPSA) is 85.1 Å². The van der Waals surface area contributed by atoms with E-state index in [0.29, 0.717) is 36.7 Å². The molecule has 1 aliphatic rings. The van der Waals surface area contributed by atoms with Crippen LogP contribution in [0.4, 0.5) is 11.4 Å². The van der Waals surface area contributed by atoms with Gasteiger partial charge < -0.3 is 19.5 Å². The standard InChI is InChI=1S/C14H20N2O5/c1-4-5-14(17)8-15(9-14)10-6-12(20-2)13(21-3)7-11(10)16(18)19/h6-7,17H,4-5,8-9H2,1-3H3. The summed E-state index contributed by atoms with van der Waals surface area (Å²) in [4.78, 5) is 12.6. The second-order valence-electron chi connectivity index (χ2n) is 5.28. The molecule has 0 atom stereocenters. The lowest BCUT2D eigenvalue weighted by atomic mass is 9.88. The van der Waals surface area contributed by atoms with Gasteiger partial charge in [-0.25, -0.2) is 0 Å². The van der Waals surface area contributed by atoms with Crippen molar-refractivity contribution in [3.05, 3.63) is 22.2 Å². The maximum Gasteiger partial charge on any atom is 0.296 e. The summed E-state index contributed by atoms with van der Waals surface area (Å²) in [7, 11) is 2.92. The first kappa shape index (κ1) is 15.4. The zero-order valence-electron chi connectivity index (χ0n) is 12.5.